The number of nitrogens with one attached hydrogen (secondary N) is 1. The van der Waals surface area contributed by atoms with Gasteiger partial charge in [-0.05, 0) is 54.2 Å². The normalized spacial score (nSPS) is 20.7. The number of benzene rings is 2. The highest BCUT2D eigenvalue weighted by atomic mass is 35.5. The quantitative estimate of drug-likeness (QED) is 0.592. The Hall–Kier alpha value is -2.97. The summed E-state index contributed by atoms with van der Waals surface area (Å²) in [5.74, 6) is -2.74. The topological polar surface area (TPSA) is 113 Å². The summed E-state index contributed by atoms with van der Waals surface area (Å²) in [6, 6.07) is 8.92. The molecule has 7 nitrogen and oxygen atoms in total. The van der Waals surface area contributed by atoms with Crippen molar-refractivity contribution in [2.24, 2.45) is 5.73 Å². The lowest BCUT2D eigenvalue weighted by atomic mass is 9.99. The Morgan fingerprint density at radius 2 is 2.03 bits per heavy atom. The zero-order valence-electron chi connectivity index (χ0n) is 16.5. The van der Waals surface area contributed by atoms with E-state index in [1.54, 1.807) is 12.1 Å². The van der Waals surface area contributed by atoms with Crippen LogP contribution in [-0.2, 0) is 16.1 Å². The average Bonchev–Trinajstić information content (AvgIpc) is 3.51. The van der Waals surface area contributed by atoms with Gasteiger partial charge in [-0.15, -0.1) is 0 Å². The molecule has 2 aromatic rings. The molecule has 0 aromatic heterocycles. The summed E-state index contributed by atoms with van der Waals surface area (Å²) in [5.41, 5.74) is 5.00. The number of carbonyl (C=O) groups is 3. The number of amides is 3. The van der Waals surface area contributed by atoms with Gasteiger partial charge in [0.25, 0.3) is 17.7 Å². The molecular formula is C22H21ClFN3O4. The van der Waals surface area contributed by atoms with Crippen molar-refractivity contribution in [2.75, 3.05) is 11.4 Å². The zero-order chi connectivity index (χ0) is 22.3. The van der Waals surface area contributed by atoms with Gasteiger partial charge >= 0.3 is 0 Å². The smallest absolute Gasteiger partial charge is 0.268 e. The summed E-state index contributed by atoms with van der Waals surface area (Å²) in [5, 5.41) is 13.5. The van der Waals surface area contributed by atoms with Crippen molar-refractivity contribution in [2.45, 2.75) is 37.3 Å². The van der Waals surface area contributed by atoms with E-state index in [0.717, 1.165) is 24.5 Å². The van der Waals surface area contributed by atoms with Gasteiger partial charge in [0.05, 0.1) is 11.3 Å². The van der Waals surface area contributed by atoms with E-state index in [1.165, 1.54) is 17.0 Å². The summed E-state index contributed by atoms with van der Waals surface area (Å²) < 4.78 is 13.5. The molecule has 0 bridgehead atoms. The highest BCUT2D eigenvalue weighted by Crippen LogP contribution is 2.44. The molecule has 0 unspecified atom stereocenters. The molecule has 2 fully saturated rings. The molecule has 4 rings (SSSR count). The lowest BCUT2D eigenvalue weighted by Gasteiger charge is -2.24. The molecule has 4 N–H and O–H groups in total. The molecule has 1 saturated heterocycles. The van der Waals surface area contributed by atoms with Gasteiger partial charge in [0.2, 0.25) is 5.60 Å². The van der Waals surface area contributed by atoms with E-state index in [2.05, 4.69) is 5.32 Å². The average molecular weight is 446 g/mol. The Labute approximate surface area is 183 Å². The molecule has 31 heavy (non-hydrogen) atoms. The molecule has 162 valence electrons. The van der Waals surface area contributed by atoms with Crippen LogP contribution in [0.5, 0.6) is 0 Å². The molecule has 3 amide bonds. The molecule has 9 heteroatoms. The molecule has 0 radical (unpaired) electrons. The minimum Gasteiger partial charge on any atom is -0.372 e. The monoisotopic (exact) mass is 445 g/mol. The second-order valence-electron chi connectivity index (χ2n) is 7.91. The summed E-state index contributed by atoms with van der Waals surface area (Å²) in [4.78, 5) is 39.1. The summed E-state index contributed by atoms with van der Waals surface area (Å²) in [7, 11) is 0. The van der Waals surface area contributed by atoms with E-state index in [0.29, 0.717) is 11.3 Å². The number of halogens is 2. The van der Waals surface area contributed by atoms with Crippen LogP contribution in [0, 0.1) is 5.82 Å². The number of anilines is 1. The van der Waals surface area contributed by atoms with E-state index >= 15 is 0 Å². The standard InChI is InChI=1S/C22H21ClFN3O4/c23-14-8-12(9-15(24)10-14)11-26-20(29)22(31)6-7-27(21(22)30)17-3-1-2-16(13-4-5-13)18(17)19(25)28/h1-3,8-10,13,31H,4-7,11H2,(H2,25,28)(H,26,29)/t22-/m0/s1. The third-order valence-electron chi connectivity index (χ3n) is 5.68. The van der Waals surface area contributed by atoms with Gasteiger partial charge in [-0.3, -0.25) is 14.4 Å². The lowest BCUT2D eigenvalue weighted by molar-refractivity contribution is -0.149. The van der Waals surface area contributed by atoms with Crippen LogP contribution in [0.1, 0.15) is 46.7 Å². The number of nitrogens with two attached hydrogens (primary N) is 1. The van der Waals surface area contributed by atoms with Crippen LogP contribution >= 0.6 is 11.6 Å². The van der Waals surface area contributed by atoms with Crippen LogP contribution in [-0.4, -0.2) is 35.0 Å². The fourth-order valence-corrected chi connectivity index (χ4v) is 4.22. The van der Waals surface area contributed by atoms with E-state index in [1.807, 2.05) is 6.07 Å². The number of primary amides is 1. The predicted octanol–water partition coefficient (Wildman–Crippen LogP) is 2.24. The third kappa shape index (κ3) is 4.00. The minimum absolute atomic E-state index is 0.0446. The van der Waals surface area contributed by atoms with Crippen LogP contribution in [0.3, 0.4) is 0 Å². The van der Waals surface area contributed by atoms with Crippen molar-refractivity contribution in [3.05, 3.63) is 63.9 Å². The summed E-state index contributed by atoms with van der Waals surface area (Å²) >= 11 is 5.81. The summed E-state index contributed by atoms with van der Waals surface area (Å²) in [6.45, 7) is -0.0709. The summed E-state index contributed by atoms with van der Waals surface area (Å²) in [6.07, 6.45) is 1.72. The first kappa shape index (κ1) is 21.3. The molecule has 1 saturated carbocycles. The van der Waals surface area contributed by atoms with Gasteiger partial charge in [-0.25, -0.2) is 4.39 Å². The highest BCUT2D eigenvalue weighted by molar-refractivity contribution is 6.30. The molecule has 2 aliphatic rings. The first-order valence-corrected chi connectivity index (χ1v) is 10.3. The van der Waals surface area contributed by atoms with Gasteiger partial charge in [-0.2, -0.15) is 0 Å². The number of aliphatic hydroxyl groups is 1. The van der Waals surface area contributed by atoms with Crippen molar-refractivity contribution in [3.63, 3.8) is 0 Å². The fourth-order valence-electron chi connectivity index (χ4n) is 3.97. The minimum atomic E-state index is -2.30. The Kier molecular flexibility index (Phi) is 5.45. The SMILES string of the molecule is NC(=O)c1c(C2CC2)cccc1N1CC[C@](O)(C(=O)NCc2cc(F)cc(Cl)c2)C1=O. The van der Waals surface area contributed by atoms with Crippen LogP contribution in [0.15, 0.2) is 36.4 Å². The van der Waals surface area contributed by atoms with Crippen LogP contribution in [0.25, 0.3) is 0 Å². The van der Waals surface area contributed by atoms with Crippen molar-refractivity contribution in [1.82, 2.24) is 5.32 Å². The van der Waals surface area contributed by atoms with Gasteiger partial charge in [0.15, 0.2) is 0 Å². The van der Waals surface area contributed by atoms with Gasteiger partial charge in [-0.1, -0.05) is 23.7 Å². The first-order chi connectivity index (χ1) is 14.7. The van der Waals surface area contributed by atoms with Crippen LogP contribution < -0.4 is 16.0 Å². The first-order valence-electron chi connectivity index (χ1n) is 9.91. The van der Waals surface area contributed by atoms with Gasteiger partial charge in [0, 0.05) is 24.5 Å². The van der Waals surface area contributed by atoms with E-state index in [9.17, 15) is 23.9 Å². The number of rotatable bonds is 6. The Morgan fingerprint density at radius 3 is 2.68 bits per heavy atom. The highest BCUT2D eigenvalue weighted by Gasteiger charge is 2.52. The molecule has 1 aliphatic heterocycles. The zero-order valence-corrected chi connectivity index (χ0v) is 17.3. The molecule has 1 aliphatic carbocycles. The lowest BCUT2D eigenvalue weighted by Crippen LogP contribution is -2.52. The Morgan fingerprint density at radius 1 is 1.29 bits per heavy atom. The fraction of sp³-hybridized carbons (Fsp3) is 0.318. The van der Waals surface area contributed by atoms with Crippen molar-refractivity contribution < 1.29 is 23.9 Å². The Balaban J connectivity index is 1.55. The maximum absolute atomic E-state index is 13.5. The second kappa shape index (κ2) is 7.94. The third-order valence-corrected chi connectivity index (χ3v) is 5.89. The van der Waals surface area contributed by atoms with Crippen LogP contribution in [0.4, 0.5) is 10.1 Å². The molecule has 0 spiro atoms. The number of hydrogen-bond donors (Lipinski definition) is 3. The van der Waals surface area contributed by atoms with Crippen LogP contribution in [0.2, 0.25) is 5.02 Å². The maximum Gasteiger partial charge on any atom is 0.268 e. The number of hydrogen-bond acceptors (Lipinski definition) is 4. The van der Waals surface area contributed by atoms with E-state index < -0.39 is 29.1 Å². The second-order valence-corrected chi connectivity index (χ2v) is 8.34. The van der Waals surface area contributed by atoms with Crippen molar-refractivity contribution in [3.8, 4) is 0 Å². The van der Waals surface area contributed by atoms with E-state index in [4.69, 9.17) is 17.3 Å². The van der Waals surface area contributed by atoms with Crippen molar-refractivity contribution in [1.29, 1.82) is 0 Å². The molecule has 1 atom stereocenters. The van der Waals surface area contributed by atoms with Crippen molar-refractivity contribution >= 4 is 35.0 Å². The largest absolute Gasteiger partial charge is 0.372 e. The molecular weight excluding hydrogens is 425 g/mol. The predicted molar refractivity (Wildman–Crippen MR) is 112 cm³/mol. The number of carbonyl (C=O) groups excluding carboxylic acids is 3. The van der Waals surface area contributed by atoms with E-state index in [-0.39, 0.29) is 36.0 Å². The number of nitrogens with zero attached hydrogens (tertiary/aromatic N) is 1. The molecule has 1 heterocycles. The van der Waals surface area contributed by atoms with Gasteiger partial charge < -0.3 is 21.1 Å². The maximum atomic E-state index is 13.5. The van der Waals surface area contributed by atoms with Gasteiger partial charge in [0.1, 0.15) is 5.82 Å². The Bertz CT molecular complexity index is 1070. The molecule has 2 aromatic carbocycles.